The molecule has 1 aromatic heterocycles. The normalized spacial score (nSPS) is 10.4. The summed E-state index contributed by atoms with van der Waals surface area (Å²) in [6.07, 6.45) is 0. The molecular weight excluding hydrogens is 360 g/mol. The number of hydrogen-bond acceptors (Lipinski definition) is 2. The highest BCUT2D eigenvalue weighted by Gasteiger charge is 2.02. The van der Waals surface area contributed by atoms with Gasteiger partial charge in [-0.3, -0.25) is 0 Å². The van der Waals surface area contributed by atoms with Crippen LogP contribution in [0.4, 0.5) is 5.69 Å². The second kappa shape index (κ2) is 5.29. The van der Waals surface area contributed by atoms with Crippen LogP contribution in [0.3, 0.4) is 0 Å². The average molecular weight is 368 g/mol. The van der Waals surface area contributed by atoms with Crippen LogP contribution in [0.1, 0.15) is 5.76 Å². The van der Waals surface area contributed by atoms with Crippen molar-refractivity contribution in [2.24, 2.45) is 0 Å². The van der Waals surface area contributed by atoms with E-state index in [1.54, 1.807) is 6.07 Å². The van der Waals surface area contributed by atoms with E-state index in [2.05, 4.69) is 27.9 Å². The zero-order chi connectivity index (χ0) is 11.5. The minimum absolute atomic E-state index is 0.405. The predicted molar refractivity (Wildman–Crippen MR) is 75.2 cm³/mol. The molecule has 0 amide bonds. The summed E-state index contributed by atoms with van der Waals surface area (Å²) in [6.45, 7) is 0.602. The first-order valence-corrected chi connectivity index (χ1v) is 6.42. The van der Waals surface area contributed by atoms with E-state index in [0.29, 0.717) is 11.8 Å². The summed E-state index contributed by atoms with van der Waals surface area (Å²) >= 11 is 13.8. The number of benzene rings is 1. The Hall–Kier alpha value is -0.390. The van der Waals surface area contributed by atoms with Gasteiger partial charge in [0.15, 0.2) is 5.22 Å². The van der Waals surface area contributed by atoms with E-state index in [9.17, 15) is 0 Å². The number of nitrogens with one attached hydrogen (secondary N) is 1. The summed E-state index contributed by atoms with van der Waals surface area (Å²) in [5.41, 5.74) is 1.03. The largest absolute Gasteiger partial charge is 0.448 e. The number of rotatable bonds is 3. The maximum absolute atomic E-state index is 5.87. The lowest BCUT2D eigenvalue weighted by molar-refractivity contribution is 0.520. The number of hydrogen-bond donors (Lipinski definition) is 1. The van der Waals surface area contributed by atoms with E-state index in [-0.39, 0.29) is 0 Å². The van der Waals surface area contributed by atoms with Gasteiger partial charge in [0, 0.05) is 14.3 Å². The quantitative estimate of drug-likeness (QED) is 0.788. The van der Waals surface area contributed by atoms with Gasteiger partial charge in [-0.05, 0) is 64.5 Å². The van der Waals surface area contributed by atoms with E-state index in [1.807, 2.05) is 24.3 Å². The third-order valence-corrected chi connectivity index (χ3v) is 3.34. The highest BCUT2D eigenvalue weighted by molar-refractivity contribution is 14.1. The standard InChI is InChI=1S/C11H8Cl2INO/c12-7-1-3-10(9(14)5-7)15-6-8-2-4-11(13)16-8/h1-5,15H,6H2. The fourth-order valence-corrected chi connectivity index (χ4v) is 2.49. The lowest BCUT2D eigenvalue weighted by Gasteiger charge is -2.06. The fraction of sp³-hybridized carbons (Fsp3) is 0.0909. The van der Waals surface area contributed by atoms with Crippen LogP contribution in [0.2, 0.25) is 10.2 Å². The molecule has 0 bridgehead atoms. The van der Waals surface area contributed by atoms with Gasteiger partial charge in [0.1, 0.15) is 5.76 Å². The van der Waals surface area contributed by atoms with Gasteiger partial charge in [-0.25, -0.2) is 0 Å². The summed E-state index contributed by atoms with van der Waals surface area (Å²) in [5, 5.41) is 4.39. The number of anilines is 1. The fourth-order valence-electron chi connectivity index (χ4n) is 1.26. The van der Waals surface area contributed by atoms with Crippen molar-refractivity contribution in [2.75, 3.05) is 5.32 Å². The van der Waals surface area contributed by atoms with Crippen molar-refractivity contribution in [2.45, 2.75) is 6.54 Å². The van der Waals surface area contributed by atoms with E-state index < -0.39 is 0 Å². The maximum atomic E-state index is 5.87. The Kier molecular flexibility index (Phi) is 4.00. The average Bonchev–Trinajstić information content (AvgIpc) is 2.63. The topological polar surface area (TPSA) is 25.2 Å². The highest BCUT2D eigenvalue weighted by atomic mass is 127. The highest BCUT2D eigenvalue weighted by Crippen LogP contribution is 2.23. The molecule has 1 aromatic carbocycles. The third-order valence-electron chi connectivity index (χ3n) is 2.01. The summed E-state index contributed by atoms with van der Waals surface area (Å²) < 4.78 is 6.32. The van der Waals surface area contributed by atoms with Crippen molar-refractivity contribution < 1.29 is 4.42 Å². The lowest BCUT2D eigenvalue weighted by Crippen LogP contribution is -1.99. The Morgan fingerprint density at radius 3 is 2.62 bits per heavy atom. The molecule has 0 unspecified atom stereocenters. The summed E-state index contributed by atoms with van der Waals surface area (Å²) in [4.78, 5) is 0. The minimum atomic E-state index is 0.405. The lowest BCUT2D eigenvalue weighted by atomic mass is 10.3. The van der Waals surface area contributed by atoms with Crippen molar-refractivity contribution in [3.63, 3.8) is 0 Å². The summed E-state index contributed by atoms with van der Waals surface area (Å²) in [5.74, 6) is 0.802. The van der Waals surface area contributed by atoms with E-state index in [0.717, 1.165) is 20.0 Å². The van der Waals surface area contributed by atoms with Gasteiger partial charge in [0.05, 0.1) is 6.54 Å². The smallest absolute Gasteiger partial charge is 0.193 e. The molecule has 5 heteroatoms. The molecule has 2 rings (SSSR count). The summed E-state index contributed by atoms with van der Waals surface area (Å²) in [6, 6.07) is 9.26. The Morgan fingerprint density at radius 2 is 2.00 bits per heavy atom. The summed E-state index contributed by atoms with van der Waals surface area (Å²) in [7, 11) is 0. The molecule has 1 heterocycles. The molecule has 0 aliphatic rings. The van der Waals surface area contributed by atoms with Gasteiger partial charge in [-0.15, -0.1) is 0 Å². The molecule has 2 aromatic rings. The van der Waals surface area contributed by atoms with E-state index in [1.165, 1.54) is 0 Å². The van der Waals surface area contributed by atoms with Gasteiger partial charge in [0.2, 0.25) is 0 Å². The molecule has 0 saturated carbocycles. The third kappa shape index (κ3) is 3.06. The van der Waals surface area contributed by atoms with Gasteiger partial charge in [0.25, 0.3) is 0 Å². The second-order valence-corrected chi connectivity index (χ2v) is 5.15. The Bertz CT molecular complexity index is 498. The van der Waals surface area contributed by atoms with Gasteiger partial charge < -0.3 is 9.73 Å². The predicted octanol–water partition coefficient (Wildman–Crippen LogP) is 4.80. The number of halogens is 3. The van der Waals surface area contributed by atoms with Crippen molar-refractivity contribution in [1.29, 1.82) is 0 Å². The molecular formula is C11H8Cl2INO. The molecule has 0 aliphatic carbocycles. The molecule has 1 N–H and O–H groups in total. The Balaban J connectivity index is 2.04. The first-order chi connectivity index (χ1) is 7.65. The van der Waals surface area contributed by atoms with Crippen LogP contribution in [0.5, 0.6) is 0 Å². The van der Waals surface area contributed by atoms with Gasteiger partial charge in [-0.2, -0.15) is 0 Å². The van der Waals surface area contributed by atoms with E-state index in [4.69, 9.17) is 27.6 Å². The molecule has 2 nitrogen and oxygen atoms in total. The maximum Gasteiger partial charge on any atom is 0.193 e. The molecule has 0 aliphatic heterocycles. The number of furan rings is 1. The Morgan fingerprint density at radius 1 is 1.19 bits per heavy atom. The molecule has 0 radical (unpaired) electrons. The van der Waals surface area contributed by atoms with Gasteiger partial charge in [-0.1, -0.05) is 11.6 Å². The molecule has 16 heavy (non-hydrogen) atoms. The second-order valence-electron chi connectivity index (χ2n) is 3.18. The SMILES string of the molecule is Clc1ccc(NCc2ccc(Cl)o2)c(I)c1. The van der Waals surface area contributed by atoms with Crippen LogP contribution < -0.4 is 5.32 Å². The zero-order valence-electron chi connectivity index (χ0n) is 8.14. The van der Waals surface area contributed by atoms with E-state index >= 15 is 0 Å². The van der Waals surface area contributed by atoms with Crippen molar-refractivity contribution in [1.82, 2.24) is 0 Å². The van der Waals surface area contributed by atoms with Crippen LogP contribution >= 0.6 is 45.8 Å². The molecule has 84 valence electrons. The monoisotopic (exact) mass is 367 g/mol. The van der Waals surface area contributed by atoms with Gasteiger partial charge >= 0.3 is 0 Å². The Labute approximate surface area is 117 Å². The van der Waals surface area contributed by atoms with Crippen molar-refractivity contribution in [3.8, 4) is 0 Å². The van der Waals surface area contributed by atoms with Crippen LogP contribution in [0, 0.1) is 3.57 Å². The molecule has 0 spiro atoms. The van der Waals surface area contributed by atoms with Crippen LogP contribution in [-0.4, -0.2) is 0 Å². The van der Waals surface area contributed by atoms with Crippen LogP contribution in [0.25, 0.3) is 0 Å². The van der Waals surface area contributed by atoms with Crippen LogP contribution in [0.15, 0.2) is 34.7 Å². The van der Waals surface area contributed by atoms with Crippen molar-refractivity contribution >= 4 is 51.5 Å². The molecule has 0 saturated heterocycles. The first-order valence-electron chi connectivity index (χ1n) is 4.58. The zero-order valence-corrected chi connectivity index (χ0v) is 11.8. The molecule has 0 fully saturated rings. The molecule has 0 atom stereocenters. The minimum Gasteiger partial charge on any atom is -0.448 e. The van der Waals surface area contributed by atoms with Crippen LogP contribution in [-0.2, 0) is 6.54 Å². The van der Waals surface area contributed by atoms with Crippen molar-refractivity contribution in [3.05, 3.63) is 49.9 Å². The first kappa shape index (κ1) is 12.1.